The number of anilines is 1. The van der Waals surface area contributed by atoms with Crippen LogP contribution in [0.15, 0.2) is 36.7 Å². The highest BCUT2D eigenvalue weighted by atomic mass is 35.5. The van der Waals surface area contributed by atoms with Crippen molar-refractivity contribution in [1.82, 2.24) is 20.3 Å². The fraction of sp³-hybridized carbons (Fsp3) is 0.471. The second-order valence-electron chi connectivity index (χ2n) is 6.41. The maximum Gasteiger partial charge on any atom is 0.225 e. The van der Waals surface area contributed by atoms with Crippen LogP contribution in [0, 0.1) is 5.41 Å². The lowest BCUT2D eigenvalue weighted by Crippen LogP contribution is -2.45. The Hall–Kier alpha value is -1.43. The monoisotopic (exact) mass is 367 g/mol. The van der Waals surface area contributed by atoms with Crippen LogP contribution in [-0.4, -0.2) is 41.1 Å². The number of nitrogens with one attached hydrogen (secondary N) is 1. The predicted octanol–water partition coefficient (Wildman–Crippen LogP) is 2.96. The third-order valence-electron chi connectivity index (χ3n) is 4.85. The van der Waals surface area contributed by atoms with Gasteiger partial charge in [-0.3, -0.25) is 4.98 Å². The van der Waals surface area contributed by atoms with Crippen molar-refractivity contribution >= 4 is 30.8 Å². The number of halogens is 2. The van der Waals surface area contributed by atoms with Crippen LogP contribution in [0.2, 0.25) is 0 Å². The Morgan fingerprint density at radius 2 is 1.92 bits per heavy atom. The number of rotatable bonds is 2. The van der Waals surface area contributed by atoms with E-state index in [0.29, 0.717) is 5.41 Å². The van der Waals surface area contributed by atoms with E-state index in [0.717, 1.165) is 43.5 Å². The minimum absolute atomic E-state index is 0. The van der Waals surface area contributed by atoms with Crippen LogP contribution in [0.4, 0.5) is 5.95 Å². The average Bonchev–Trinajstić information content (AvgIpc) is 3.03. The molecule has 1 atom stereocenters. The summed E-state index contributed by atoms with van der Waals surface area (Å²) in [5, 5.41) is 3.51. The van der Waals surface area contributed by atoms with E-state index < -0.39 is 0 Å². The summed E-state index contributed by atoms with van der Waals surface area (Å²) in [6.45, 7) is 4.38. The van der Waals surface area contributed by atoms with E-state index in [2.05, 4.69) is 20.2 Å². The fourth-order valence-electron chi connectivity index (χ4n) is 3.68. The standard InChI is InChI=1S/C17H21N5.2ClH/c1-2-8-19-14(4-1)15-5-9-20-16(21-15)22-11-3-6-17(13-22)7-10-18-12-17;;/h1-2,4-5,8-9,18H,3,6-7,10-13H2;2*1H. The number of hydrogen-bond donors (Lipinski definition) is 1. The van der Waals surface area contributed by atoms with Gasteiger partial charge in [-0.05, 0) is 44.0 Å². The van der Waals surface area contributed by atoms with Crippen LogP contribution in [0.3, 0.4) is 0 Å². The van der Waals surface area contributed by atoms with Gasteiger partial charge in [0.2, 0.25) is 5.95 Å². The summed E-state index contributed by atoms with van der Waals surface area (Å²) in [6.07, 6.45) is 7.45. The summed E-state index contributed by atoms with van der Waals surface area (Å²) >= 11 is 0. The Kier molecular flexibility index (Phi) is 6.38. The van der Waals surface area contributed by atoms with Crippen molar-refractivity contribution in [2.45, 2.75) is 19.3 Å². The van der Waals surface area contributed by atoms with Gasteiger partial charge in [-0.15, -0.1) is 24.8 Å². The van der Waals surface area contributed by atoms with Crippen molar-refractivity contribution in [2.24, 2.45) is 5.41 Å². The summed E-state index contributed by atoms with van der Waals surface area (Å²) in [5.41, 5.74) is 2.22. The fourth-order valence-corrected chi connectivity index (χ4v) is 3.68. The number of pyridine rings is 1. The molecule has 1 unspecified atom stereocenters. The molecule has 4 heterocycles. The van der Waals surface area contributed by atoms with Crippen molar-refractivity contribution in [3.05, 3.63) is 36.7 Å². The quantitative estimate of drug-likeness (QED) is 0.883. The topological polar surface area (TPSA) is 53.9 Å². The molecule has 24 heavy (non-hydrogen) atoms. The van der Waals surface area contributed by atoms with Crippen molar-refractivity contribution in [3.8, 4) is 11.4 Å². The summed E-state index contributed by atoms with van der Waals surface area (Å²) in [5.74, 6) is 0.842. The van der Waals surface area contributed by atoms with Crippen molar-refractivity contribution in [2.75, 3.05) is 31.1 Å². The summed E-state index contributed by atoms with van der Waals surface area (Å²) in [7, 11) is 0. The van der Waals surface area contributed by atoms with Gasteiger partial charge in [-0.1, -0.05) is 6.07 Å². The highest BCUT2D eigenvalue weighted by Gasteiger charge is 2.38. The first-order valence-electron chi connectivity index (χ1n) is 8.05. The molecule has 1 N–H and O–H groups in total. The normalized spacial score (nSPS) is 22.8. The first-order chi connectivity index (χ1) is 10.8. The lowest BCUT2D eigenvalue weighted by Gasteiger charge is -2.40. The van der Waals surface area contributed by atoms with Gasteiger partial charge in [-0.25, -0.2) is 9.97 Å². The molecule has 5 nitrogen and oxygen atoms in total. The molecule has 2 saturated heterocycles. The van der Waals surface area contributed by atoms with Crippen molar-refractivity contribution in [3.63, 3.8) is 0 Å². The van der Waals surface area contributed by atoms with E-state index in [4.69, 9.17) is 4.98 Å². The largest absolute Gasteiger partial charge is 0.340 e. The molecule has 0 radical (unpaired) electrons. The highest BCUT2D eigenvalue weighted by Crippen LogP contribution is 2.36. The molecule has 0 saturated carbocycles. The molecular formula is C17H23Cl2N5. The summed E-state index contributed by atoms with van der Waals surface area (Å²) in [6, 6.07) is 7.84. The number of piperidine rings is 1. The van der Waals surface area contributed by atoms with E-state index in [9.17, 15) is 0 Å². The SMILES string of the molecule is Cl.Cl.c1ccc(-c2ccnc(N3CCCC4(CCNC4)C3)n2)nc1. The third kappa shape index (κ3) is 3.79. The zero-order valence-corrected chi connectivity index (χ0v) is 15.2. The van der Waals surface area contributed by atoms with Gasteiger partial charge in [0.25, 0.3) is 0 Å². The van der Waals surface area contributed by atoms with Gasteiger partial charge in [-0.2, -0.15) is 0 Å². The van der Waals surface area contributed by atoms with Gasteiger partial charge < -0.3 is 10.2 Å². The molecule has 2 aliphatic heterocycles. The Balaban J connectivity index is 0.00000104. The molecule has 7 heteroatoms. The smallest absolute Gasteiger partial charge is 0.225 e. The Morgan fingerprint density at radius 3 is 2.67 bits per heavy atom. The van der Waals surface area contributed by atoms with Gasteiger partial charge in [0, 0.05) is 37.4 Å². The van der Waals surface area contributed by atoms with Crippen LogP contribution in [0.5, 0.6) is 0 Å². The van der Waals surface area contributed by atoms with E-state index in [1.807, 2.05) is 30.5 Å². The van der Waals surface area contributed by atoms with E-state index >= 15 is 0 Å². The molecule has 2 aromatic heterocycles. The van der Waals surface area contributed by atoms with Gasteiger partial charge in [0.1, 0.15) is 0 Å². The number of nitrogens with zero attached hydrogens (tertiary/aromatic N) is 4. The van der Waals surface area contributed by atoms with Gasteiger partial charge in [0.05, 0.1) is 11.4 Å². The zero-order chi connectivity index (χ0) is 14.8. The van der Waals surface area contributed by atoms with Gasteiger partial charge in [0.15, 0.2) is 0 Å². The Morgan fingerprint density at radius 1 is 1.00 bits per heavy atom. The molecule has 2 aliphatic rings. The molecule has 2 fully saturated rings. The van der Waals surface area contributed by atoms with Crippen LogP contribution >= 0.6 is 24.8 Å². The summed E-state index contributed by atoms with van der Waals surface area (Å²) < 4.78 is 0. The van der Waals surface area contributed by atoms with Crippen molar-refractivity contribution in [1.29, 1.82) is 0 Å². The molecule has 2 aromatic rings. The molecule has 130 valence electrons. The highest BCUT2D eigenvalue weighted by molar-refractivity contribution is 5.85. The average molecular weight is 368 g/mol. The molecule has 0 bridgehead atoms. The molecule has 0 amide bonds. The first-order valence-corrected chi connectivity index (χ1v) is 8.05. The minimum atomic E-state index is 0. The van der Waals surface area contributed by atoms with Crippen LogP contribution in [0.25, 0.3) is 11.4 Å². The minimum Gasteiger partial charge on any atom is -0.340 e. The lowest BCUT2D eigenvalue weighted by atomic mass is 9.79. The first kappa shape index (κ1) is 18.9. The molecule has 4 rings (SSSR count). The third-order valence-corrected chi connectivity index (χ3v) is 4.85. The number of aromatic nitrogens is 3. The number of hydrogen-bond acceptors (Lipinski definition) is 5. The van der Waals surface area contributed by atoms with E-state index in [-0.39, 0.29) is 24.8 Å². The zero-order valence-electron chi connectivity index (χ0n) is 13.5. The molecule has 1 spiro atoms. The molecule has 0 aliphatic carbocycles. The molecular weight excluding hydrogens is 345 g/mol. The van der Waals surface area contributed by atoms with E-state index in [1.165, 1.54) is 19.3 Å². The lowest BCUT2D eigenvalue weighted by molar-refractivity contribution is 0.259. The van der Waals surface area contributed by atoms with Gasteiger partial charge >= 0.3 is 0 Å². The Labute approximate surface area is 155 Å². The maximum absolute atomic E-state index is 4.75. The van der Waals surface area contributed by atoms with Crippen LogP contribution in [0.1, 0.15) is 19.3 Å². The maximum atomic E-state index is 4.75. The van der Waals surface area contributed by atoms with Crippen LogP contribution in [-0.2, 0) is 0 Å². The van der Waals surface area contributed by atoms with Crippen molar-refractivity contribution < 1.29 is 0 Å². The predicted molar refractivity (Wildman–Crippen MR) is 101 cm³/mol. The second kappa shape index (κ2) is 8.10. The summed E-state index contributed by atoms with van der Waals surface area (Å²) in [4.78, 5) is 16.0. The molecule has 0 aromatic carbocycles. The van der Waals surface area contributed by atoms with Crippen LogP contribution < -0.4 is 10.2 Å². The Bertz CT molecular complexity index is 646. The second-order valence-corrected chi connectivity index (χ2v) is 6.41. The van der Waals surface area contributed by atoms with E-state index in [1.54, 1.807) is 6.20 Å².